The second-order valence-electron chi connectivity index (χ2n) is 1.75. The Balaban J connectivity index is 3.10. The maximum Gasteiger partial charge on any atom is 0.225 e. The average Bonchev–Trinajstić information content (AvgIpc) is 1.96. The van der Waals surface area contributed by atoms with Gasteiger partial charge in [0.25, 0.3) is 0 Å². The highest BCUT2D eigenvalue weighted by Gasteiger charge is 2.10. The Hall–Kier alpha value is -0.250. The maximum atomic E-state index is 5.64. The molecule has 0 unspecified atom stereocenters. The first kappa shape index (κ1) is 9.84. The Morgan fingerprint density at radius 1 is 1.17 bits per heavy atom. The van der Waals surface area contributed by atoms with Crippen molar-refractivity contribution in [3.05, 3.63) is 22.5 Å². The van der Waals surface area contributed by atoms with Crippen LogP contribution in [0.2, 0.25) is 15.6 Å². The molecule has 3 nitrogen and oxygen atoms in total. The Morgan fingerprint density at radius 3 is 2.08 bits per heavy atom. The minimum Gasteiger partial charge on any atom is -0.487 e. The fourth-order valence-electron chi connectivity index (χ4n) is 0.595. The van der Waals surface area contributed by atoms with Gasteiger partial charge in [-0.15, -0.1) is 0 Å². The molecule has 1 heterocycles. The topological polar surface area (TPSA) is 35.0 Å². The smallest absolute Gasteiger partial charge is 0.225 e. The number of halogens is 3. The zero-order valence-corrected chi connectivity index (χ0v) is 8.12. The average molecular weight is 226 g/mol. The van der Waals surface area contributed by atoms with E-state index in [1.165, 1.54) is 0 Å². The van der Waals surface area contributed by atoms with Crippen LogP contribution in [0.5, 0.6) is 5.75 Å². The molecule has 65 valence electrons. The summed E-state index contributed by atoms with van der Waals surface area (Å²) >= 11 is 16.7. The number of hydrogen-bond donors (Lipinski definition) is 0. The molecule has 1 rings (SSSR count). The molecular weight excluding hydrogens is 222 g/mol. The highest BCUT2D eigenvalue weighted by Crippen LogP contribution is 2.30. The van der Waals surface area contributed by atoms with Crippen LogP contribution in [0.15, 0.2) is 0 Å². The second-order valence-corrected chi connectivity index (χ2v) is 2.81. The quantitative estimate of drug-likeness (QED) is 0.574. The summed E-state index contributed by atoms with van der Waals surface area (Å²) in [4.78, 5) is 7.27. The van der Waals surface area contributed by atoms with E-state index < -0.39 is 0 Å². The largest absolute Gasteiger partial charge is 0.487 e. The van der Waals surface area contributed by atoms with E-state index in [0.717, 1.165) is 0 Å². The summed E-state index contributed by atoms with van der Waals surface area (Å²) in [5.74, 6) is 0.206. The summed E-state index contributed by atoms with van der Waals surface area (Å²) in [5.41, 5.74) is 0. The molecule has 1 radical (unpaired) electrons. The number of hydrogen-bond acceptors (Lipinski definition) is 3. The predicted molar refractivity (Wildman–Crippen MR) is 47.9 cm³/mol. The summed E-state index contributed by atoms with van der Waals surface area (Å²) in [6.45, 7) is 3.66. The van der Waals surface area contributed by atoms with Gasteiger partial charge in [0.1, 0.15) is 0 Å². The summed E-state index contributed by atoms with van der Waals surface area (Å²) in [7, 11) is 0. The van der Waals surface area contributed by atoms with Crippen LogP contribution in [0.3, 0.4) is 0 Å². The Kier molecular flexibility index (Phi) is 3.38. The molecule has 6 heteroatoms. The summed E-state index contributed by atoms with van der Waals surface area (Å²) in [6.07, 6.45) is 0. The number of rotatable bonds is 2. The van der Waals surface area contributed by atoms with Gasteiger partial charge in [-0.1, -0.05) is 23.2 Å². The third kappa shape index (κ3) is 2.12. The van der Waals surface area contributed by atoms with Gasteiger partial charge < -0.3 is 4.74 Å². The van der Waals surface area contributed by atoms with Crippen molar-refractivity contribution in [3.8, 4) is 5.75 Å². The van der Waals surface area contributed by atoms with E-state index in [0.29, 0.717) is 0 Å². The molecule has 0 aliphatic rings. The molecule has 0 N–H and O–H groups in total. The normalized spacial score (nSPS) is 10.0. The van der Waals surface area contributed by atoms with Crippen molar-refractivity contribution >= 4 is 34.8 Å². The van der Waals surface area contributed by atoms with Crippen LogP contribution in [0.4, 0.5) is 0 Å². The lowest BCUT2D eigenvalue weighted by Crippen LogP contribution is -1.97. The van der Waals surface area contributed by atoms with Crippen molar-refractivity contribution in [3.63, 3.8) is 0 Å². The zero-order valence-electron chi connectivity index (χ0n) is 5.85. The van der Waals surface area contributed by atoms with E-state index in [-0.39, 0.29) is 27.9 Å². The molecule has 0 aliphatic carbocycles. The van der Waals surface area contributed by atoms with Crippen LogP contribution in [0.25, 0.3) is 0 Å². The standard InChI is InChI=1S/C6H4Cl3N2O/c1-2-12-3-4(7)10-6(9)11-5(3)8/h1-2H2. The second kappa shape index (κ2) is 4.12. The van der Waals surface area contributed by atoms with E-state index in [4.69, 9.17) is 39.5 Å². The van der Waals surface area contributed by atoms with Gasteiger partial charge in [0.2, 0.25) is 5.28 Å². The molecular formula is C6H4Cl3N2O. The molecule has 0 atom stereocenters. The lowest BCUT2D eigenvalue weighted by Gasteiger charge is -2.05. The van der Waals surface area contributed by atoms with Gasteiger partial charge in [-0.3, -0.25) is 0 Å². The van der Waals surface area contributed by atoms with Crippen LogP contribution in [-0.4, -0.2) is 16.6 Å². The van der Waals surface area contributed by atoms with Crippen molar-refractivity contribution in [2.45, 2.75) is 0 Å². The molecule has 0 amide bonds. The molecule has 0 bridgehead atoms. The minimum atomic E-state index is -0.0126. The molecule has 1 aromatic rings. The van der Waals surface area contributed by atoms with Gasteiger partial charge in [0.15, 0.2) is 16.1 Å². The fraction of sp³-hybridized carbons (Fsp3) is 0.167. The molecule has 12 heavy (non-hydrogen) atoms. The molecule has 0 spiro atoms. The third-order valence-electron chi connectivity index (χ3n) is 1.00. The lowest BCUT2D eigenvalue weighted by molar-refractivity contribution is 0.358. The van der Waals surface area contributed by atoms with Gasteiger partial charge in [0, 0.05) is 0 Å². The van der Waals surface area contributed by atoms with Crippen LogP contribution in [-0.2, 0) is 0 Å². The van der Waals surface area contributed by atoms with Crippen LogP contribution in [0.1, 0.15) is 0 Å². The maximum absolute atomic E-state index is 5.64. The first-order chi connectivity index (χ1) is 5.65. The Bertz CT molecular complexity index is 269. The van der Waals surface area contributed by atoms with Crippen LogP contribution < -0.4 is 4.74 Å². The monoisotopic (exact) mass is 225 g/mol. The van der Waals surface area contributed by atoms with E-state index in [2.05, 4.69) is 16.9 Å². The Morgan fingerprint density at radius 2 is 1.67 bits per heavy atom. The van der Waals surface area contributed by atoms with Gasteiger partial charge >= 0.3 is 0 Å². The van der Waals surface area contributed by atoms with Gasteiger partial charge in [-0.25, -0.2) is 9.97 Å². The summed E-state index contributed by atoms with van der Waals surface area (Å²) in [6, 6.07) is 0. The van der Waals surface area contributed by atoms with E-state index in [1.54, 1.807) is 0 Å². The van der Waals surface area contributed by atoms with Crippen LogP contribution >= 0.6 is 34.8 Å². The van der Waals surface area contributed by atoms with Crippen molar-refractivity contribution in [1.29, 1.82) is 0 Å². The van der Waals surface area contributed by atoms with Gasteiger partial charge in [-0.05, 0) is 18.5 Å². The third-order valence-corrected chi connectivity index (χ3v) is 1.68. The first-order valence-corrected chi connectivity index (χ1v) is 4.09. The lowest BCUT2D eigenvalue weighted by atomic mass is 10.6. The fourth-order valence-corrected chi connectivity index (χ4v) is 1.35. The highest BCUT2D eigenvalue weighted by molar-refractivity contribution is 6.37. The van der Waals surface area contributed by atoms with E-state index >= 15 is 0 Å². The zero-order chi connectivity index (χ0) is 9.14. The van der Waals surface area contributed by atoms with Gasteiger partial charge in [0.05, 0.1) is 6.61 Å². The summed E-state index contributed by atoms with van der Waals surface area (Å²) < 4.78 is 4.96. The molecule has 0 aliphatic heterocycles. The van der Waals surface area contributed by atoms with E-state index in [9.17, 15) is 0 Å². The molecule has 0 fully saturated rings. The molecule has 1 aromatic heterocycles. The van der Waals surface area contributed by atoms with Crippen molar-refractivity contribution in [2.24, 2.45) is 0 Å². The SMILES string of the molecule is [CH2]COc1c(Cl)nc(Cl)nc1Cl. The first-order valence-electron chi connectivity index (χ1n) is 2.95. The van der Waals surface area contributed by atoms with Crippen LogP contribution in [0, 0.1) is 6.92 Å². The minimum absolute atomic E-state index is 0.0126. The Labute approximate surface area is 84.6 Å². The van der Waals surface area contributed by atoms with Crippen molar-refractivity contribution < 1.29 is 4.74 Å². The number of aromatic nitrogens is 2. The van der Waals surface area contributed by atoms with Crippen molar-refractivity contribution in [2.75, 3.05) is 6.61 Å². The summed E-state index contributed by atoms with van der Waals surface area (Å²) in [5, 5.41) is 0.161. The van der Waals surface area contributed by atoms with E-state index in [1.807, 2.05) is 0 Å². The number of nitrogens with zero attached hydrogens (tertiary/aromatic N) is 2. The molecule has 0 saturated carbocycles. The number of ether oxygens (including phenoxy) is 1. The highest BCUT2D eigenvalue weighted by atomic mass is 35.5. The van der Waals surface area contributed by atoms with Crippen molar-refractivity contribution in [1.82, 2.24) is 9.97 Å². The predicted octanol–water partition coefficient (Wildman–Crippen LogP) is 2.65. The molecule has 0 saturated heterocycles. The molecule has 0 aromatic carbocycles. The van der Waals surface area contributed by atoms with Gasteiger partial charge in [-0.2, -0.15) is 0 Å².